The molecule has 89 heavy (non-hydrogen) atoms. The summed E-state index contributed by atoms with van der Waals surface area (Å²) in [5.74, 6) is 0. The topological polar surface area (TPSA) is 6.48 Å². The van der Waals surface area contributed by atoms with Crippen molar-refractivity contribution in [3.8, 4) is 55.6 Å². The monoisotopic (exact) mass is 1150 g/mol. The first-order chi connectivity index (χ1) is 44.1. The molecule has 0 aliphatic rings. The molecule has 1 heterocycles. The van der Waals surface area contributed by atoms with Gasteiger partial charge in [-0.1, -0.05) is 261 Å². The van der Waals surface area contributed by atoms with Gasteiger partial charge in [-0.2, -0.15) is 0 Å². The van der Waals surface area contributed by atoms with Gasteiger partial charge in [-0.05, 0) is 183 Å². The maximum Gasteiger partial charge on any atom is 0.0540 e. The Bertz CT molecular complexity index is 5560. The maximum atomic E-state index is 2.43. The van der Waals surface area contributed by atoms with Crippen molar-refractivity contribution in [3.63, 3.8) is 0 Å². The molecule has 2 nitrogen and oxygen atoms in total. The third-order valence-electron chi connectivity index (χ3n) is 18.0. The Labute approximate surface area is 521 Å². The van der Waals surface area contributed by atoms with Gasteiger partial charge in [-0.3, -0.25) is 0 Å². The molecule has 0 N–H and O–H groups in total. The summed E-state index contributed by atoms with van der Waals surface area (Å²) in [5.41, 5.74) is 18.2. The van der Waals surface area contributed by atoms with E-state index in [1.807, 2.05) is 11.3 Å². The van der Waals surface area contributed by atoms with Crippen LogP contribution in [0.3, 0.4) is 0 Å². The normalized spacial score (nSPS) is 11.6. The molecule has 0 aliphatic carbocycles. The summed E-state index contributed by atoms with van der Waals surface area (Å²) >= 11 is 1.89. The minimum Gasteiger partial charge on any atom is -0.310 e. The number of para-hydroxylation sites is 1. The van der Waals surface area contributed by atoms with Crippen molar-refractivity contribution in [2.75, 3.05) is 9.80 Å². The second-order valence-electron chi connectivity index (χ2n) is 23.2. The standard InChI is InChI=1S/C86H56N2S/c1-2-19-65-53-67(39-35-57(65)15-1)66-21-11-23-72(54-66)87(74-50-51-78-69(56-74)40-38-61-17-4-7-26-76(61)78)73-24-12-22-68(55-73)79-27-9-10-32-83(79)88(70-46-41-59(42-47-70)58-33-36-63(37-34-58)77-29-13-20-60-16-3-6-25-75(60)77)71-48-43-64(44-49-71)81-30-14-31-82-85-80-28-8-5-18-62(80)45-52-84(85)89-86(81)82/h1-56H. The predicted molar refractivity (Wildman–Crippen MR) is 383 cm³/mol. The van der Waals surface area contributed by atoms with Gasteiger partial charge in [0, 0.05) is 54.2 Å². The van der Waals surface area contributed by atoms with Crippen molar-refractivity contribution < 1.29 is 0 Å². The van der Waals surface area contributed by atoms with Crippen LogP contribution in [0.4, 0.5) is 34.1 Å². The van der Waals surface area contributed by atoms with Crippen molar-refractivity contribution in [2.45, 2.75) is 0 Å². The van der Waals surface area contributed by atoms with Crippen LogP contribution in [0.5, 0.6) is 0 Å². The smallest absolute Gasteiger partial charge is 0.0540 e. The highest BCUT2D eigenvalue weighted by molar-refractivity contribution is 7.26. The van der Waals surface area contributed by atoms with E-state index in [4.69, 9.17) is 0 Å². The Kier molecular flexibility index (Phi) is 12.8. The first kappa shape index (κ1) is 52.0. The largest absolute Gasteiger partial charge is 0.310 e. The summed E-state index contributed by atoms with van der Waals surface area (Å²) < 4.78 is 2.61. The highest BCUT2D eigenvalue weighted by atomic mass is 32.1. The van der Waals surface area contributed by atoms with Gasteiger partial charge in [-0.15, -0.1) is 11.3 Å². The Morgan fingerprint density at radius 1 is 0.202 bits per heavy atom. The van der Waals surface area contributed by atoms with E-state index < -0.39 is 0 Å². The van der Waals surface area contributed by atoms with Crippen LogP contribution in [0.2, 0.25) is 0 Å². The Balaban J connectivity index is 0.786. The van der Waals surface area contributed by atoms with Gasteiger partial charge in [-0.25, -0.2) is 0 Å². The number of nitrogens with zero attached hydrogens (tertiary/aromatic N) is 2. The van der Waals surface area contributed by atoms with Gasteiger partial charge < -0.3 is 9.80 Å². The summed E-state index contributed by atoms with van der Waals surface area (Å²) in [6.07, 6.45) is 0. The second kappa shape index (κ2) is 21.9. The van der Waals surface area contributed by atoms with E-state index in [-0.39, 0.29) is 0 Å². The molecule has 0 bridgehead atoms. The fourth-order valence-electron chi connectivity index (χ4n) is 13.6. The summed E-state index contributed by atoms with van der Waals surface area (Å²) in [6, 6.07) is 125. The quantitative estimate of drug-likeness (QED) is 0.119. The summed E-state index contributed by atoms with van der Waals surface area (Å²) in [6.45, 7) is 0. The molecule has 0 saturated carbocycles. The van der Waals surface area contributed by atoms with Crippen molar-refractivity contribution >= 4 is 119 Å². The average molecular weight is 1150 g/mol. The van der Waals surface area contributed by atoms with E-state index in [1.54, 1.807) is 0 Å². The lowest BCUT2D eigenvalue weighted by Crippen LogP contribution is -2.12. The van der Waals surface area contributed by atoms with E-state index >= 15 is 0 Å². The number of anilines is 6. The second-order valence-corrected chi connectivity index (χ2v) is 24.2. The molecule has 416 valence electrons. The van der Waals surface area contributed by atoms with Crippen molar-refractivity contribution in [1.29, 1.82) is 0 Å². The Morgan fingerprint density at radius 3 is 1.43 bits per heavy atom. The van der Waals surface area contributed by atoms with Crippen molar-refractivity contribution in [2.24, 2.45) is 0 Å². The maximum absolute atomic E-state index is 2.43. The minimum atomic E-state index is 1.06. The zero-order valence-electron chi connectivity index (χ0n) is 48.6. The molecular weight excluding hydrogens is 1090 g/mol. The van der Waals surface area contributed by atoms with Crippen molar-refractivity contribution in [3.05, 3.63) is 340 Å². The van der Waals surface area contributed by atoms with Crippen LogP contribution >= 0.6 is 11.3 Å². The summed E-state index contributed by atoms with van der Waals surface area (Å²) in [4.78, 5) is 4.86. The van der Waals surface area contributed by atoms with Gasteiger partial charge in [0.2, 0.25) is 0 Å². The molecule has 16 aromatic carbocycles. The molecule has 3 heteroatoms. The molecule has 0 unspecified atom stereocenters. The van der Waals surface area contributed by atoms with Crippen LogP contribution in [0.15, 0.2) is 340 Å². The first-order valence-corrected chi connectivity index (χ1v) is 31.3. The lowest BCUT2D eigenvalue weighted by atomic mass is 9.96. The van der Waals surface area contributed by atoms with E-state index in [0.717, 1.165) is 56.4 Å². The SMILES string of the molecule is c1cc(-c2ccc3ccccc3c2)cc(N(c2cccc(-c3ccccc3N(c3ccc(-c4ccc(-c5cccc6ccccc56)cc4)cc3)c3ccc(-c4cccc5c4sc4ccc6ccccc6c45)cc3)c2)c2ccc3c(ccc4ccccc43)c2)c1. The number of fused-ring (bicyclic) bond motifs is 10. The van der Waals surface area contributed by atoms with Crippen LogP contribution in [0, 0.1) is 0 Å². The van der Waals surface area contributed by atoms with Gasteiger partial charge in [0.25, 0.3) is 0 Å². The van der Waals surface area contributed by atoms with E-state index in [0.29, 0.717) is 0 Å². The zero-order valence-corrected chi connectivity index (χ0v) is 49.5. The number of thiophene rings is 1. The molecule has 1 aromatic heterocycles. The highest BCUT2D eigenvalue weighted by Crippen LogP contribution is 2.47. The minimum absolute atomic E-state index is 1.06. The molecule has 0 amide bonds. The molecule has 0 spiro atoms. The van der Waals surface area contributed by atoms with Crippen LogP contribution in [0.25, 0.3) is 130 Å². The fourth-order valence-corrected chi connectivity index (χ4v) is 14.9. The molecular formula is C86H56N2S. The van der Waals surface area contributed by atoms with Crippen LogP contribution < -0.4 is 9.80 Å². The third kappa shape index (κ3) is 9.35. The molecule has 0 saturated heterocycles. The average Bonchev–Trinajstić information content (AvgIpc) is 1.81. The van der Waals surface area contributed by atoms with Crippen molar-refractivity contribution in [1.82, 2.24) is 0 Å². The molecule has 0 atom stereocenters. The zero-order chi connectivity index (χ0) is 58.8. The predicted octanol–water partition coefficient (Wildman–Crippen LogP) is 25.1. The number of hydrogen-bond acceptors (Lipinski definition) is 3. The highest BCUT2D eigenvalue weighted by Gasteiger charge is 2.22. The lowest BCUT2D eigenvalue weighted by molar-refractivity contribution is 1.28. The van der Waals surface area contributed by atoms with Gasteiger partial charge in [0.1, 0.15) is 0 Å². The Morgan fingerprint density at radius 2 is 0.652 bits per heavy atom. The number of rotatable bonds is 11. The molecule has 0 radical (unpaired) electrons. The van der Waals surface area contributed by atoms with Crippen LogP contribution in [-0.2, 0) is 0 Å². The van der Waals surface area contributed by atoms with Gasteiger partial charge in [0.05, 0.1) is 5.69 Å². The van der Waals surface area contributed by atoms with E-state index in [9.17, 15) is 0 Å². The third-order valence-corrected chi connectivity index (χ3v) is 19.2. The van der Waals surface area contributed by atoms with Crippen LogP contribution in [0.1, 0.15) is 0 Å². The molecule has 17 rings (SSSR count). The van der Waals surface area contributed by atoms with E-state index in [1.165, 1.54) is 107 Å². The number of benzene rings is 16. The van der Waals surface area contributed by atoms with Gasteiger partial charge in [0.15, 0.2) is 0 Å². The number of hydrogen-bond donors (Lipinski definition) is 0. The van der Waals surface area contributed by atoms with Crippen LogP contribution in [-0.4, -0.2) is 0 Å². The Hall–Kier alpha value is -11.4. The molecule has 17 aromatic rings. The lowest BCUT2D eigenvalue weighted by Gasteiger charge is -2.29. The molecule has 0 aliphatic heterocycles. The summed E-state index contributed by atoms with van der Waals surface area (Å²) in [7, 11) is 0. The van der Waals surface area contributed by atoms with Gasteiger partial charge >= 0.3 is 0 Å². The fraction of sp³-hybridized carbons (Fsp3) is 0. The van der Waals surface area contributed by atoms with E-state index in [2.05, 4.69) is 350 Å². The summed E-state index contributed by atoms with van der Waals surface area (Å²) in [5, 5.41) is 15.1. The molecule has 0 fully saturated rings. The first-order valence-electron chi connectivity index (χ1n) is 30.5.